The lowest BCUT2D eigenvalue weighted by Gasteiger charge is -2.36. The Balaban J connectivity index is 1.95. The smallest absolute Gasteiger partial charge is 0.0331 e. The molecule has 1 atom stereocenters. The van der Waals surface area contributed by atoms with Gasteiger partial charge in [0.15, 0.2) is 0 Å². The summed E-state index contributed by atoms with van der Waals surface area (Å²) in [6.07, 6.45) is 2.63. The molecule has 1 unspecified atom stereocenters. The van der Waals surface area contributed by atoms with Gasteiger partial charge in [-0.25, -0.2) is 0 Å². The van der Waals surface area contributed by atoms with E-state index >= 15 is 0 Å². The highest BCUT2D eigenvalue weighted by Crippen LogP contribution is 2.30. The summed E-state index contributed by atoms with van der Waals surface area (Å²) in [5, 5.41) is 3.30. The maximum atomic E-state index is 3.66. The first-order valence-electron chi connectivity index (χ1n) is 6.85. The standard InChI is InChI=1S/C15H23BrN2/c1-12(14-5-3-4-6-15(14)16)18-9-7-13(8-10-18)11-17-2/h3-6,12-13,17H,7-11H2,1-2H3. The van der Waals surface area contributed by atoms with E-state index in [4.69, 9.17) is 0 Å². The summed E-state index contributed by atoms with van der Waals surface area (Å²) in [4.78, 5) is 2.60. The number of hydrogen-bond donors (Lipinski definition) is 1. The van der Waals surface area contributed by atoms with Gasteiger partial charge >= 0.3 is 0 Å². The molecule has 0 aliphatic carbocycles. The Bertz CT molecular complexity index is 373. The van der Waals surface area contributed by atoms with Crippen molar-refractivity contribution in [1.82, 2.24) is 10.2 Å². The SMILES string of the molecule is CNCC1CCN(C(C)c2ccccc2Br)CC1. The van der Waals surface area contributed by atoms with Crippen LogP contribution in [0.1, 0.15) is 31.4 Å². The van der Waals surface area contributed by atoms with Crippen LogP contribution in [0, 0.1) is 5.92 Å². The summed E-state index contributed by atoms with van der Waals surface area (Å²) < 4.78 is 1.23. The first kappa shape index (κ1) is 14.0. The molecule has 18 heavy (non-hydrogen) atoms. The monoisotopic (exact) mass is 310 g/mol. The predicted molar refractivity (Wildman–Crippen MR) is 80.8 cm³/mol. The zero-order valence-electron chi connectivity index (χ0n) is 11.3. The minimum Gasteiger partial charge on any atom is -0.319 e. The van der Waals surface area contributed by atoms with Gasteiger partial charge in [0.25, 0.3) is 0 Å². The molecule has 0 bridgehead atoms. The van der Waals surface area contributed by atoms with Crippen LogP contribution in [0.5, 0.6) is 0 Å². The molecule has 0 spiro atoms. The molecule has 1 aromatic carbocycles. The highest BCUT2D eigenvalue weighted by atomic mass is 79.9. The lowest BCUT2D eigenvalue weighted by molar-refractivity contribution is 0.140. The van der Waals surface area contributed by atoms with Gasteiger partial charge < -0.3 is 5.32 Å². The largest absolute Gasteiger partial charge is 0.319 e. The molecule has 1 aliphatic rings. The second-order valence-electron chi connectivity index (χ2n) is 5.23. The van der Waals surface area contributed by atoms with Gasteiger partial charge in [-0.05, 0) is 64.0 Å². The Labute approximate surface area is 119 Å². The molecule has 1 heterocycles. The van der Waals surface area contributed by atoms with E-state index in [1.807, 2.05) is 0 Å². The number of hydrogen-bond acceptors (Lipinski definition) is 2. The van der Waals surface area contributed by atoms with E-state index in [0.717, 1.165) is 12.5 Å². The van der Waals surface area contributed by atoms with E-state index in [-0.39, 0.29) is 0 Å². The molecule has 1 saturated heterocycles. The second-order valence-corrected chi connectivity index (χ2v) is 6.09. The summed E-state index contributed by atoms with van der Waals surface area (Å²) >= 11 is 3.66. The molecular formula is C15H23BrN2. The van der Waals surface area contributed by atoms with Gasteiger partial charge in [0.1, 0.15) is 0 Å². The van der Waals surface area contributed by atoms with Crippen LogP contribution < -0.4 is 5.32 Å². The number of rotatable bonds is 4. The van der Waals surface area contributed by atoms with Gasteiger partial charge in [0, 0.05) is 10.5 Å². The molecule has 1 aliphatic heterocycles. The summed E-state index contributed by atoms with van der Waals surface area (Å²) in [5.74, 6) is 0.859. The number of benzene rings is 1. The average molecular weight is 311 g/mol. The van der Waals surface area contributed by atoms with Gasteiger partial charge in [-0.3, -0.25) is 4.90 Å². The molecule has 100 valence electrons. The minimum atomic E-state index is 0.510. The van der Waals surface area contributed by atoms with Crippen molar-refractivity contribution in [1.29, 1.82) is 0 Å². The molecule has 2 rings (SSSR count). The van der Waals surface area contributed by atoms with Crippen LogP contribution in [0.2, 0.25) is 0 Å². The highest BCUT2D eigenvalue weighted by molar-refractivity contribution is 9.10. The Hall–Kier alpha value is -0.380. The van der Waals surface area contributed by atoms with Gasteiger partial charge in [-0.2, -0.15) is 0 Å². The molecule has 0 aromatic heterocycles. The van der Waals surface area contributed by atoms with Crippen LogP contribution in [0.3, 0.4) is 0 Å². The lowest BCUT2D eigenvalue weighted by Crippen LogP contribution is -2.38. The van der Waals surface area contributed by atoms with Crippen LogP contribution in [-0.2, 0) is 0 Å². The molecule has 2 nitrogen and oxygen atoms in total. The van der Waals surface area contributed by atoms with Crippen molar-refractivity contribution in [2.45, 2.75) is 25.8 Å². The molecule has 1 N–H and O–H groups in total. The average Bonchev–Trinajstić information content (AvgIpc) is 2.40. The molecule has 0 amide bonds. The first-order chi connectivity index (χ1) is 8.72. The van der Waals surface area contributed by atoms with Gasteiger partial charge in [-0.15, -0.1) is 0 Å². The van der Waals surface area contributed by atoms with E-state index in [1.54, 1.807) is 0 Å². The lowest BCUT2D eigenvalue weighted by atomic mass is 9.94. The maximum absolute atomic E-state index is 3.66. The van der Waals surface area contributed by atoms with Gasteiger partial charge in [-0.1, -0.05) is 34.1 Å². The van der Waals surface area contributed by atoms with Crippen LogP contribution in [0.15, 0.2) is 28.7 Å². The van der Waals surface area contributed by atoms with E-state index in [2.05, 4.69) is 64.4 Å². The zero-order chi connectivity index (χ0) is 13.0. The van der Waals surface area contributed by atoms with Gasteiger partial charge in [0.05, 0.1) is 0 Å². The normalized spacial score (nSPS) is 19.9. The van der Waals surface area contributed by atoms with Crippen LogP contribution >= 0.6 is 15.9 Å². The van der Waals surface area contributed by atoms with E-state index in [1.165, 1.54) is 36.0 Å². The number of piperidine rings is 1. The Morgan fingerprint density at radius 3 is 2.61 bits per heavy atom. The number of nitrogens with one attached hydrogen (secondary N) is 1. The molecule has 0 saturated carbocycles. The third-order valence-electron chi connectivity index (χ3n) is 4.04. The molecular weight excluding hydrogens is 288 g/mol. The number of halogens is 1. The van der Waals surface area contributed by atoms with Crippen LogP contribution in [0.4, 0.5) is 0 Å². The molecule has 0 radical (unpaired) electrons. The van der Waals surface area contributed by atoms with Crippen LogP contribution in [-0.4, -0.2) is 31.6 Å². The summed E-state index contributed by atoms with van der Waals surface area (Å²) in [6, 6.07) is 9.09. The third kappa shape index (κ3) is 3.34. The fourth-order valence-corrected chi connectivity index (χ4v) is 3.46. The van der Waals surface area contributed by atoms with Crippen molar-refractivity contribution in [3.05, 3.63) is 34.3 Å². The summed E-state index contributed by atoms with van der Waals surface area (Å²) in [7, 11) is 2.05. The molecule has 3 heteroatoms. The Kier molecular flexibility index (Phi) is 5.22. The topological polar surface area (TPSA) is 15.3 Å². The van der Waals surface area contributed by atoms with Gasteiger partial charge in [0.2, 0.25) is 0 Å². The van der Waals surface area contributed by atoms with Crippen molar-refractivity contribution in [2.75, 3.05) is 26.7 Å². The van der Waals surface area contributed by atoms with E-state index in [9.17, 15) is 0 Å². The van der Waals surface area contributed by atoms with Crippen molar-refractivity contribution < 1.29 is 0 Å². The third-order valence-corrected chi connectivity index (χ3v) is 4.77. The second kappa shape index (κ2) is 6.69. The van der Waals surface area contributed by atoms with Crippen molar-refractivity contribution >= 4 is 15.9 Å². The quantitative estimate of drug-likeness (QED) is 0.916. The Morgan fingerprint density at radius 1 is 1.33 bits per heavy atom. The van der Waals surface area contributed by atoms with Crippen molar-refractivity contribution in [3.8, 4) is 0 Å². The van der Waals surface area contributed by atoms with Crippen molar-refractivity contribution in [3.63, 3.8) is 0 Å². The maximum Gasteiger partial charge on any atom is 0.0331 e. The fraction of sp³-hybridized carbons (Fsp3) is 0.600. The predicted octanol–water partition coefficient (Wildman–Crippen LogP) is 3.44. The molecule has 1 aromatic rings. The van der Waals surface area contributed by atoms with Crippen LogP contribution in [0.25, 0.3) is 0 Å². The Morgan fingerprint density at radius 2 is 2.00 bits per heavy atom. The number of nitrogens with zero attached hydrogens (tertiary/aromatic N) is 1. The van der Waals surface area contributed by atoms with E-state index < -0.39 is 0 Å². The zero-order valence-corrected chi connectivity index (χ0v) is 12.9. The number of likely N-dealkylation sites (tertiary alicyclic amines) is 1. The first-order valence-corrected chi connectivity index (χ1v) is 7.64. The minimum absolute atomic E-state index is 0.510. The fourth-order valence-electron chi connectivity index (χ4n) is 2.84. The highest BCUT2D eigenvalue weighted by Gasteiger charge is 2.23. The summed E-state index contributed by atoms with van der Waals surface area (Å²) in [6.45, 7) is 5.92. The summed E-state index contributed by atoms with van der Waals surface area (Å²) in [5.41, 5.74) is 1.41. The molecule has 1 fully saturated rings. The van der Waals surface area contributed by atoms with E-state index in [0.29, 0.717) is 6.04 Å². The van der Waals surface area contributed by atoms with Crippen molar-refractivity contribution in [2.24, 2.45) is 5.92 Å².